The van der Waals surface area contributed by atoms with Gasteiger partial charge in [-0.25, -0.2) is 9.78 Å². The second-order valence-electron chi connectivity index (χ2n) is 10.4. The number of piperidine rings is 1. The molecule has 1 saturated carbocycles. The van der Waals surface area contributed by atoms with Crippen LogP contribution >= 0.6 is 35.0 Å². The Labute approximate surface area is 216 Å². The summed E-state index contributed by atoms with van der Waals surface area (Å²) < 4.78 is 5.52. The number of ether oxygens (including phenoxy) is 1. The largest absolute Gasteiger partial charge is 0.444 e. The number of benzene rings is 1. The number of anilines is 1. The van der Waals surface area contributed by atoms with Gasteiger partial charge in [-0.15, -0.1) is 0 Å². The van der Waals surface area contributed by atoms with E-state index in [4.69, 9.17) is 32.9 Å². The number of nitrogens with one attached hydrogen (secondary N) is 1. The fourth-order valence-electron chi connectivity index (χ4n) is 5.12. The smallest absolute Gasteiger partial charge is 0.407 e. The van der Waals surface area contributed by atoms with Gasteiger partial charge in [-0.1, -0.05) is 47.5 Å². The number of alkyl carbamates (subject to hydrolysis) is 1. The first kappa shape index (κ1) is 25.5. The van der Waals surface area contributed by atoms with Gasteiger partial charge in [0.2, 0.25) is 0 Å². The first-order valence-corrected chi connectivity index (χ1v) is 13.5. The van der Waals surface area contributed by atoms with Crippen molar-refractivity contribution < 1.29 is 9.53 Å². The van der Waals surface area contributed by atoms with E-state index >= 15 is 0 Å². The third kappa shape index (κ3) is 5.77. The Morgan fingerprint density at radius 3 is 2.65 bits per heavy atom. The van der Waals surface area contributed by atoms with Gasteiger partial charge >= 0.3 is 6.09 Å². The molecule has 1 aromatic heterocycles. The molecule has 34 heavy (non-hydrogen) atoms. The van der Waals surface area contributed by atoms with Crippen LogP contribution in [-0.4, -0.2) is 35.8 Å². The third-order valence-corrected chi connectivity index (χ3v) is 8.97. The highest BCUT2D eigenvalue weighted by molar-refractivity contribution is 7.99. The Morgan fingerprint density at radius 2 is 1.97 bits per heavy atom. The van der Waals surface area contributed by atoms with E-state index < -0.39 is 5.60 Å². The molecule has 8 heteroatoms. The molecular formula is C26H33Cl2N3O2S. The lowest BCUT2D eigenvalue weighted by Gasteiger charge is -2.44. The van der Waals surface area contributed by atoms with Crippen LogP contribution in [0.1, 0.15) is 58.4 Å². The number of hydrogen-bond donors (Lipinski definition) is 1. The van der Waals surface area contributed by atoms with E-state index in [2.05, 4.69) is 23.2 Å². The fourth-order valence-corrected chi connectivity index (χ4v) is 6.47. The molecule has 1 aromatic carbocycles. The molecule has 1 atom stereocenters. The van der Waals surface area contributed by atoms with Crippen molar-refractivity contribution in [1.82, 2.24) is 10.3 Å². The number of nitrogens with zero attached hydrogens (tertiary/aromatic N) is 2. The molecule has 1 aliphatic carbocycles. The molecule has 1 spiro atoms. The highest BCUT2D eigenvalue weighted by Gasteiger charge is 2.45. The van der Waals surface area contributed by atoms with Gasteiger partial charge in [-0.3, -0.25) is 0 Å². The Bertz CT molecular complexity index is 1050. The van der Waals surface area contributed by atoms with Crippen molar-refractivity contribution in [2.24, 2.45) is 5.41 Å². The van der Waals surface area contributed by atoms with Gasteiger partial charge in [-0.05, 0) is 82.6 Å². The predicted molar refractivity (Wildman–Crippen MR) is 140 cm³/mol. The number of aromatic nitrogens is 1. The van der Waals surface area contributed by atoms with Crippen LogP contribution in [0.25, 0.3) is 0 Å². The zero-order valence-corrected chi connectivity index (χ0v) is 22.6. The average molecular weight is 523 g/mol. The SMILES string of the molecule is Cc1cc(N2CCC3(CCC[C@H]3NC(=O)OC(C)(C)C)CC2)cnc1Sc1cccc(Cl)c1Cl. The van der Waals surface area contributed by atoms with Crippen molar-refractivity contribution in [3.8, 4) is 0 Å². The summed E-state index contributed by atoms with van der Waals surface area (Å²) in [5, 5.41) is 5.23. The summed E-state index contributed by atoms with van der Waals surface area (Å²) in [5.74, 6) is 0. The highest BCUT2D eigenvalue weighted by Crippen LogP contribution is 2.47. The number of aryl methyl sites for hydroxylation is 1. The van der Waals surface area contributed by atoms with Crippen LogP contribution in [0, 0.1) is 12.3 Å². The van der Waals surface area contributed by atoms with Crippen LogP contribution < -0.4 is 10.2 Å². The van der Waals surface area contributed by atoms with Crippen molar-refractivity contribution in [2.45, 2.75) is 81.4 Å². The van der Waals surface area contributed by atoms with E-state index in [1.165, 1.54) is 11.8 Å². The molecule has 2 aromatic rings. The normalized spacial score (nSPS) is 19.9. The Morgan fingerprint density at radius 1 is 1.24 bits per heavy atom. The first-order chi connectivity index (χ1) is 16.1. The summed E-state index contributed by atoms with van der Waals surface area (Å²) in [5.41, 5.74) is 1.94. The van der Waals surface area contributed by atoms with E-state index in [0.29, 0.717) is 10.0 Å². The lowest BCUT2D eigenvalue weighted by Crippen LogP contribution is -2.51. The van der Waals surface area contributed by atoms with E-state index in [-0.39, 0.29) is 17.6 Å². The fraction of sp³-hybridized carbons (Fsp3) is 0.538. The monoisotopic (exact) mass is 521 g/mol. The zero-order valence-electron chi connectivity index (χ0n) is 20.3. The van der Waals surface area contributed by atoms with Gasteiger partial charge < -0.3 is 15.0 Å². The van der Waals surface area contributed by atoms with Crippen molar-refractivity contribution >= 4 is 46.7 Å². The molecule has 1 saturated heterocycles. The number of carbonyl (C=O) groups is 1. The highest BCUT2D eigenvalue weighted by atomic mass is 35.5. The van der Waals surface area contributed by atoms with E-state index in [1.54, 1.807) is 6.07 Å². The van der Waals surface area contributed by atoms with E-state index in [1.807, 2.05) is 39.1 Å². The molecular weight excluding hydrogens is 489 g/mol. The lowest BCUT2D eigenvalue weighted by molar-refractivity contribution is 0.0442. The number of rotatable bonds is 4. The minimum absolute atomic E-state index is 0.162. The van der Waals surface area contributed by atoms with E-state index in [9.17, 15) is 4.79 Å². The molecule has 0 radical (unpaired) electrons. The molecule has 0 unspecified atom stereocenters. The molecule has 1 aliphatic heterocycles. The third-order valence-electron chi connectivity index (χ3n) is 6.86. The summed E-state index contributed by atoms with van der Waals surface area (Å²) in [6.07, 6.45) is 7.11. The Balaban J connectivity index is 1.39. The summed E-state index contributed by atoms with van der Waals surface area (Å²) in [6, 6.07) is 8.04. The molecule has 0 bridgehead atoms. The van der Waals surface area contributed by atoms with Gasteiger partial charge in [0.25, 0.3) is 0 Å². The Hall–Kier alpha value is -1.63. The van der Waals surface area contributed by atoms with Gasteiger partial charge in [-0.2, -0.15) is 0 Å². The topological polar surface area (TPSA) is 54.5 Å². The number of amides is 1. The van der Waals surface area contributed by atoms with Crippen molar-refractivity contribution in [1.29, 1.82) is 0 Å². The molecule has 1 N–H and O–H groups in total. The second kappa shape index (κ2) is 10.2. The van der Waals surface area contributed by atoms with Crippen LogP contribution in [0.15, 0.2) is 40.4 Å². The molecule has 5 nitrogen and oxygen atoms in total. The summed E-state index contributed by atoms with van der Waals surface area (Å²) in [7, 11) is 0. The summed E-state index contributed by atoms with van der Waals surface area (Å²) in [4.78, 5) is 20.5. The van der Waals surface area contributed by atoms with Crippen molar-refractivity contribution in [3.05, 3.63) is 46.1 Å². The minimum Gasteiger partial charge on any atom is -0.444 e. The van der Waals surface area contributed by atoms with Crippen molar-refractivity contribution in [2.75, 3.05) is 18.0 Å². The number of halogens is 2. The van der Waals surface area contributed by atoms with Crippen LogP contribution in [-0.2, 0) is 4.74 Å². The number of carbonyl (C=O) groups excluding carboxylic acids is 1. The number of pyridine rings is 1. The van der Waals surface area contributed by atoms with Crippen molar-refractivity contribution in [3.63, 3.8) is 0 Å². The van der Waals surface area contributed by atoms with Gasteiger partial charge in [0, 0.05) is 24.0 Å². The van der Waals surface area contributed by atoms with Crippen LogP contribution in [0.5, 0.6) is 0 Å². The minimum atomic E-state index is -0.480. The Kier molecular flexibility index (Phi) is 7.61. The molecule has 2 heterocycles. The van der Waals surface area contributed by atoms with Gasteiger partial charge in [0.05, 0.1) is 21.9 Å². The maximum absolute atomic E-state index is 12.4. The molecule has 2 aliphatic rings. The quantitative estimate of drug-likeness (QED) is 0.450. The summed E-state index contributed by atoms with van der Waals surface area (Å²) in [6.45, 7) is 9.71. The standard InChI is InChI=1S/C26H33Cl2N3O2S/c1-17-15-18(16-29-23(17)34-20-8-5-7-19(27)22(20)28)31-13-11-26(12-14-31)10-6-9-21(26)30-24(32)33-25(2,3)4/h5,7-8,15-16,21H,6,9-14H2,1-4H3,(H,30,32)/t21-/m1/s1. The molecule has 2 fully saturated rings. The maximum Gasteiger partial charge on any atom is 0.407 e. The van der Waals surface area contributed by atoms with Crippen LogP contribution in [0.2, 0.25) is 10.0 Å². The lowest BCUT2D eigenvalue weighted by atomic mass is 9.74. The van der Waals surface area contributed by atoms with Crippen LogP contribution in [0.4, 0.5) is 10.5 Å². The van der Waals surface area contributed by atoms with E-state index in [0.717, 1.165) is 66.4 Å². The molecule has 1 amide bonds. The molecule has 184 valence electrons. The zero-order chi connectivity index (χ0) is 24.5. The van der Waals surface area contributed by atoms with Gasteiger partial charge in [0.1, 0.15) is 10.6 Å². The average Bonchev–Trinajstić information content (AvgIpc) is 3.13. The first-order valence-electron chi connectivity index (χ1n) is 11.9. The van der Waals surface area contributed by atoms with Crippen LogP contribution in [0.3, 0.4) is 0 Å². The predicted octanol–water partition coefficient (Wildman–Crippen LogP) is 7.51. The number of hydrogen-bond acceptors (Lipinski definition) is 5. The maximum atomic E-state index is 12.4. The molecule has 4 rings (SSSR count). The summed E-state index contributed by atoms with van der Waals surface area (Å²) >= 11 is 14.1. The van der Waals surface area contributed by atoms with Gasteiger partial charge in [0.15, 0.2) is 0 Å². The second-order valence-corrected chi connectivity index (χ2v) is 12.2.